The van der Waals surface area contributed by atoms with Gasteiger partial charge in [0.25, 0.3) is 0 Å². The van der Waals surface area contributed by atoms with Gasteiger partial charge in [-0.15, -0.1) is 0 Å². The molecule has 5 heteroatoms. The van der Waals surface area contributed by atoms with Crippen LogP contribution in [0.15, 0.2) is 24.3 Å². The minimum Gasteiger partial charge on any atom is -0.497 e. The van der Waals surface area contributed by atoms with Gasteiger partial charge in [0, 0.05) is 12.6 Å². The molecule has 0 unspecified atom stereocenters. The molecule has 0 heterocycles. The van der Waals surface area contributed by atoms with Gasteiger partial charge in [-0.1, -0.05) is 6.07 Å². The lowest BCUT2D eigenvalue weighted by molar-refractivity contribution is -0.146. The van der Waals surface area contributed by atoms with Crippen molar-refractivity contribution in [1.29, 1.82) is 0 Å². The van der Waals surface area contributed by atoms with Crippen LogP contribution in [0.1, 0.15) is 0 Å². The predicted molar refractivity (Wildman–Crippen MR) is 68.0 cm³/mol. The fourth-order valence-electron chi connectivity index (χ4n) is 1.22. The van der Waals surface area contributed by atoms with Crippen LogP contribution in [-0.4, -0.2) is 51.8 Å². The van der Waals surface area contributed by atoms with Gasteiger partial charge in [0.2, 0.25) is 0 Å². The van der Waals surface area contributed by atoms with Crippen LogP contribution in [0.5, 0.6) is 11.5 Å². The first-order chi connectivity index (χ1) is 8.61. The van der Waals surface area contributed by atoms with E-state index in [9.17, 15) is 4.79 Å². The van der Waals surface area contributed by atoms with Gasteiger partial charge in [0.05, 0.1) is 7.11 Å². The lowest BCUT2D eigenvalue weighted by Crippen LogP contribution is -2.22. The SMILES string of the molecule is COc1cccc(OCC(=O)OCCN(C)C)c1. The summed E-state index contributed by atoms with van der Waals surface area (Å²) < 4.78 is 15.3. The van der Waals surface area contributed by atoms with Crippen molar-refractivity contribution in [3.8, 4) is 11.5 Å². The van der Waals surface area contributed by atoms with Crippen LogP contribution in [0.2, 0.25) is 0 Å². The average molecular weight is 253 g/mol. The van der Waals surface area contributed by atoms with Crippen LogP contribution in [0.25, 0.3) is 0 Å². The van der Waals surface area contributed by atoms with Crippen LogP contribution in [0.3, 0.4) is 0 Å². The monoisotopic (exact) mass is 253 g/mol. The number of hydrogen-bond donors (Lipinski definition) is 0. The summed E-state index contributed by atoms with van der Waals surface area (Å²) in [7, 11) is 5.41. The first kappa shape index (κ1) is 14.3. The maximum Gasteiger partial charge on any atom is 0.344 e. The van der Waals surface area contributed by atoms with Crippen molar-refractivity contribution >= 4 is 5.97 Å². The number of nitrogens with zero attached hydrogens (tertiary/aromatic N) is 1. The molecule has 0 fully saturated rings. The maximum atomic E-state index is 11.4. The largest absolute Gasteiger partial charge is 0.497 e. The smallest absolute Gasteiger partial charge is 0.344 e. The number of methoxy groups -OCH3 is 1. The van der Waals surface area contributed by atoms with Crippen molar-refractivity contribution in [2.75, 3.05) is 41.0 Å². The van der Waals surface area contributed by atoms with Gasteiger partial charge >= 0.3 is 5.97 Å². The lowest BCUT2D eigenvalue weighted by Gasteiger charge is -2.10. The number of carbonyl (C=O) groups excluding carboxylic acids is 1. The molecule has 0 saturated carbocycles. The van der Waals surface area contributed by atoms with E-state index in [0.717, 1.165) is 0 Å². The number of hydrogen-bond acceptors (Lipinski definition) is 5. The van der Waals surface area contributed by atoms with E-state index in [1.807, 2.05) is 25.1 Å². The fraction of sp³-hybridized carbons (Fsp3) is 0.462. The van der Waals surface area contributed by atoms with E-state index < -0.39 is 0 Å². The zero-order valence-corrected chi connectivity index (χ0v) is 11.0. The second kappa shape index (κ2) is 7.55. The van der Waals surface area contributed by atoms with E-state index in [0.29, 0.717) is 24.7 Å². The Labute approximate surface area is 107 Å². The molecular formula is C13H19NO4. The Balaban J connectivity index is 2.29. The van der Waals surface area contributed by atoms with Gasteiger partial charge in [-0.3, -0.25) is 0 Å². The highest BCUT2D eigenvalue weighted by atomic mass is 16.6. The van der Waals surface area contributed by atoms with Crippen molar-refractivity contribution in [2.45, 2.75) is 0 Å². The third-order valence-electron chi connectivity index (χ3n) is 2.20. The normalized spacial score (nSPS) is 10.2. The second-order valence-electron chi connectivity index (χ2n) is 3.99. The van der Waals surface area contributed by atoms with Gasteiger partial charge in [0.15, 0.2) is 6.61 Å². The highest BCUT2D eigenvalue weighted by Crippen LogP contribution is 2.18. The molecular weight excluding hydrogens is 234 g/mol. The topological polar surface area (TPSA) is 48.0 Å². The molecule has 0 aliphatic rings. The number of esters is 1. The van der Waals surface area contributed by atoms with Crippen LogP contribution in [-0.2, 0) is 9.53 Å². The van der Waals surface area contributed by atoms with E-state index in [-0.39, 0.29) is 12.6 Å². The maximum absolute atomic E-state index is 11.4. The summed E-state index contributed by atoms with van der Waals surface area (Å²) in [4.78, 5) is 13.3. The zero-order chi connectivity index (χ0) is 13.4. The van der Waals surface area contributed by atoms with Crippen LogP contribution in [0.4, 0.5) is 0 Å². The Bertz CT molecular complexity index is 379. The molecule has 0 N–H and O–H groups in total. The zero-order valence-electron chi connectivity index (χ0n) is 11.0. The molecule has 0 spiro atoms. The van der Waals surface area contributed by atoms with Crippen molar-refractivity contribution in [2.24, 2.45) is 0 Å². The molecule has 18 heavy (non-hydrogen) atoms. The van der Waals surface area contributed by atoms with Crippen molar-refractivity contribution in [3.05, 3.63) is 24.3 Å². The van der Waals surface area contributed by atoms with Gasteiger partial charge in [-0.25, -0.2) is 4.79 Å². The van der Waals surface area contributed by atoms with E-state index in [1.165, 1.54) is 0 Å². The van der Waals surface area contributed by atoms with E-state index in [4.69, 9.17) is 14.2 Å². The van der Waals surface area contributed by atoms with Gasteiger partial charge in [-0.05, 0) is 26.2 Å². The summed E-state index contributed by atoms with van der Waals surface area (Å²) >= 11 is 0. The minimum absolute atomic E-state index is 0.0966. The molecule has 1 aromatic carbocycles. The summed E-state index contributed by atoms with van der Waals surface area (Å²) in [6.45, 7) is 0.971. The Hall–Kier alpha value is -1.75. The van der Waals surface area contributed by atoms with Crippen LogP contribution < -0.4 is 9.47 Å². The molecule has 0 atom stereocenters. The predicted octanol–water partition coefficient (Wildman–Crippen LogP) is 1.18. The van der Waals surface area contributed by atoms with E-state index in [2.05, 4.69) is 0 Å². The molecule has 0 amide bonds. The van der Waals surface area contributed by atoms with Crippen molar-refractivity contribution in [1.82, 2.24) is 4.90 Å². The molecule has 100 valence electrons. The molecule has 1 rings (SSSR count). The van der Waals surface area contributed by atoms with Crippen molar-refractivity contribution in [3.63, 3.8) is 0 Å². The first-order valence-corrected chi connectivity index (χ1v) is 5.69. The second-order valence-corrected chi connectivity index (χ2v) is 3.99. The number of benzene rings is 1. The van der Waals surface area contributed by atoms with Crippen molar-refractivity contribution < 1.29 is 19.0 Å². The number of carbonyl (C=O) groups is 1. The van der Waals surface area contributed by atoms with Gasteiger partial charge < -0.3 is 19.1 Å². The minimum atomic E-state index is -0.375. The molecule has 0 aliphatic heterocycles. The standard InChI is InChI=1S/C13H19NO4/c1-14(2)7-8-17-13(15)10-18-12-6-4-5-11(9-12)16-3/h4-6,9H,7-8,10H2,1-3H3. The highest BCUT2D eigenvalue weighted by molar-refractivity contribution is 5.71. The molecule has 0 aromatic heterocycles. The highest BCUT2D eigenvalue weighted by Gasteiger charge is 2.05. The third kappa shape index (κ3) is 5.54. The fourth-order valence-corrected chi connectivity index (χ4v) is 1.22. The molecule has 0 bridgehead atoms. The van der Waals surface area contributed by atoms with E-state index >= 15 is 0 Å². The van der Waals surface area contributed by atoms with E-state index in [1.54, 1.807) is 25.3 Å². The molecule has 0 radical (unpaired) electrons. The number of likely N-dealkylation sites (N-methyl/N-ethyl adjacent to an activating group) is 1. The average Bonchev–Trinajstić information content (AvgIpc) is 2.36. The Morgan fingerprint density at radius 2 is 2.00 bits per heavy atom. The van der Waals surface area contributed by atoms with Crippen LogP contribution >= 0.6 is 0 Å². The third-order valence-corrected chi connectivity index (χ3v) is 2.20. The molecule has 0 saturated heterocycles. The summed E-state index contributed by atoms with van der Waals surface area (Å²) in [5.74, 6) is 0.895. The number of rotatable bonds is 7. The summed E-state index contributed by atoms with van der Waals surface area (Å²) in [6, 6.07) is 7.08. The summed E-state index contributed by atoms with van der Waals surface area (Å²) in [5.41, 5.74) is 0. The van der Waals surface area contributed by atoms with Gasteiger partial charge in [-0.2, -0.15) is 0 Å². The summed E-state index contributed by atoms with van der Waals surface area (Å²) in [5, 5.41) is 0. The molecule has 0 aliphatic carbocycles. The Morgan fingerprint density at radius 1 is 1.28 bits per heavy atom. The lowest BCUT2D eigenvalue weighted by atomic mass is 10.3. The Morgan fingerprint density at radius 3 is 2.67 bits per heavy atom. The van der Waals surface area contributed by atoms with Crippen LogP contribution in [0, 0.1) is 0 Å². The number of ether oxygens (including phenoxy) is 3. The van der Waals surface area contributed by atoms with Gasteiger partial charge in [0.1, 0.15) is 18.1 Å². The quantitative estimate of drug-likeness (QED) is 0.683. The first-order valence-electron chi connectivity index (χ1n) is 5.69. The summed E-state index contributed by atoms with van der Waals surface area (Å²) in [6.07, 6.45) is 0. The Kier molecular flexibility index (Phi) is 6.00. The molecule has 1 aromatic rings. The molecule has 5 nitrogen and oxygen atoms in total.